The average Bonchev–Trinajstić information content (AvgIpc) is 3.85. The van der Waals surface area contributed by atoms with Crippen LogP contribution in [0.15, 0.2) is 35.4 Å². The van der Waals surface area contributed by atoms with Crippen LogP contribution in [0.4, 0.5) is 8.78 Å². The van der Waals surface area contributed by atoms with Crippen LogP contribution < -0.4 is 0 Å². The van der Waals surface area contributed by atoms with Crippen molar-refractivity contribution in [2.45, 2.75) is 222 Å². The van der Waals surface area contributed by atoms with Gasteiger partial charge in [-0.15, -0.1) is 5.10 Å². The minimum Gasteiger partial charge on any atom is -0.459 e. The zero-order chi connectivity index (χ0) is 56.7. The van der Waals surface area contributed by atoms with Gasteiger partial charge >= 0.3 is 5.97 Å². The van der Waals surface area contributed by atoms with Gasteiger partial charge in [-0.2, -0.15) is 0 Å². The van der Waals surface area contributed by atoms with E-state index in [1.54, 1.807) is 66.8 Å². The fourth-order valence-corrected chi connectivity index (χ4v) is 12.9. The number of carbonyl (C=O) groups is 1. The van der Waals surface area contributed by atoms with E-state index in [-0.39, 0.29) is 55.1 Å². The lowest BCUT2D eigenvalue weighted by molar-refractivity contribution is -0.318. The van der Waals surface area contributed by atoms with Crippen molar-refractivity contribution in [3.05, 3.63) is 41.7 Å². The third-order valence-electron chi connectivity index (χ3n) is 16.5. The summed E-state index contributed by atoms with van der Waals surface area (Å²) in [6, 6.07) is 4.42. The number of aliphatic hydroxyl groups excluding tert-OH is 3. The molecule has 0 bridgehead atoms. The summed E-state index contributed by atoms with van der Waals surface area (Å²) < 4.78 is 92.1. The van der Waals surface area contributed by atoms with Crippen LogP contribution in [0.2, 0.25) is 0 Å². The third kappa shape index (κ3) is 15.5. The third-order valence-corrected chi connectivity index (χ3v) is 18.3. The summed E-state index contributed by atoms with van der Waals surface area (Å²) in [4.78, 5) is 18.5. The summed E-state index contributed by atoms with van der Waals surface area (Å²) in [5.41, 5.74) is -3.36. The lowest BCUT2D eigenvalue weighted by atomic mass is 9.77. The molecule has 0 aliphatic carbocycles. The second kappa shape index (κ2) is 27.1. The molecule has 0 spiro atoms. The normalized spacial score (nSPS) is 38.3. The summed E-state index contributed by atoms with van der Waals surface area (Å²) in [5.74, 6) is -3.10. The number of rotatable bonds is 19. The number of nitrogens with zero attached hydrogens (tertiary/aromatic N) is 5. The van der Waals surface area contributed by atoms with E-state index in [9.17, 15) is 47.5 Å². The van der Waals surface area contributed by atoms with Crippen molar-refractivity contribution in [3.63, 3.8) is 0 Å². The van der Waals surface area contributed by atoms with E-state index in [4.69, 9.17) is 28.4 Å². The highest BCUT2D eigenvalue weighted by atomic mass is 32.2. The number of methoxy groups -OCH3 is 1. The van der Waals surface area contributed by atoms with E-state index in [0.29, 0.717) is 37.2 Å². The fraction of sp³-hybridized carbons (Fsp3) is 0.833. The summed E-state index contributed by atoms with van der Waals surface area (Å²) >= 11 is 0. The average molecular weight is 1100 g/mol. The molecule has 0 saturated carbocycles. The number of alkyl halides is 2. The summed E-state index contributed by atoms with van der Waals surface area (Å²) in [5, 5.41) is 68.3. The number of halogens is 2. The number of cyclic esters (lactones) is 1. The smallest absolute Gasteiger partial charge is 0.311 e. The molecule has 5 rings (SSSR count). The Balaban J connectivity index is 1.40. The molecular formula is C54H91F2N5O14S. The standard InChI is InChI=1S/C54H91F2N5O14S/c1-14-43-54(10,67)47(63)36(6)60(12)30-32(2)27-52(8,66)49(34(4)46(35(5)50(65)73-43)74-44-28-53(9,70-13)48(64)37(7)72-44)75-51-45(62)42(25-33(3)71-51)59(11)23-21-39-31-61(58-57-39)40(29-56)26-38-17-19-41(20-18-38)76(68,69)24-16-15-22-55/h17-20,31-37,40,42-49,51,62-64,66-67H,14-16,21-30H2,1-13H3/t32-,33-,34+,35-,36-,37+,40+,42+,43-,44+,45-,46+,47-,48+,49-,51+,52-,53-,54-/m1/s1. The Kier molecular flexibility index (Phi) is 22.8. The quantitative estimate of drug-likeness (QED) is 0.0968. The van der Waals surface area contributed by atoms with Gasteiger partial charge in [0.15, 0.2) is 22.4 Å². The first kappa shape index (κ1) is 64.0. The van der Waals surface area contributed by atoms with Gasteiger partial charge in [0, 0.05) is 57.2 Å². The maximum absolute atomic E-state index is 14.5. The monoisotopic (exact) mass is 1100 g/mol. The van der Waals surface area contributed by atoms with Crippen LogP contribution in [0.5, 0.6) is 0 Å². The topological polar surface area (TPSA) is 245 Å². The second-order valence-electron chi connectivity index (χ2n) is 23.0. The van der Waals surface area contributed by atoms with E-state index >= 15 is 0 Å². The Morgan fingerprint density at radius 3 is 2.25 bits per heavy atom. The zero-order valence-corrected chi connectivity index (χ0v) is 47.9. The van der Waals surface area contributed by atoms with Gasteiger partial charge in [0.1, 0.15) is 36.7 Å². The number of likely N-dealkylation sites (N-methyl/N-ethyl adjacent to an activating group) is 2. The van der Waals surface area contributed by atoms with Crippen molar-refractivity contribution in [3.8, 4) is 0 Å². The van der Waals surface area contributed by atoms with Crippen molar-refractivity contribution in [1.29, 1.82) is 0 Å². The van der Waals surface area contributed by atoms with Gasteiger partial charge in [-0.1, -0.05) is 38.1 Å². The molecule has 1 aromatic heterocycles. The molecule has 0 amide bonds. The lowest BCUT2D eigenvalue weighted by Crippen LogP contribution is -2.61. The molecule has 436 valence electrons. The molecular weight excluding hydrogens is 1010 g/mol. The second-order valence-corrected chi connectivity index (χ2v) is 25.1. The Labute approximate surface area is 449 Å². The Hall–Kier alpha value is -2.84. The van der Waals surface area contributed by atoms with Gasteiger partial charge in [0.05, 0.1) is 70.6 Å². The van der Waals surface area contributed by atoms with Crippen LogP contribution in [0.25, 0.3) is 0 Å². The van der Waals surface area contributed by atoms with Crippen LogP contribution >= 0.6 is 0 Å². The molecule has 4 heterocycles. The summed E-state index contributed by atoms with van der Waals surface area (Å²) in [7, 11) is 1.58. The van der Waals surface area contributed by atoms with E-state index in [0.717, 1.165) is 0 Å². The molecule has 3 saturated heterocycles. The highest BCUT2D eigenvalue weighted by Gasteiger charge is 2.53. The van der Waals surface area contributed by atoms with E-state index < -0.39 is 137 Å². The number of aromatic nitrogens is 3. The van der Waals surface area contributed by atoms with E-state index in [1.807, 2.05) is 37.7 Å². The molecule has 5 N–H and O–H groups in total. The zero-order valence-electron chi connectivity index (χ0n) is 47.1. The number of carbonyl (C=O) groups excluding carboxylic acids is 1. The molecule has 0 unspecified atom stereocenters. The molecule has 3 aliphatic rings. The molecule has 0 radical (unpaired) electrons. The van der Waals surface area contributed by atoms with Crippen molar-refractivity contribution >= 4 is 15.8 Å². The largest absolute Gasteiger partial charge is 0.459 e. The van der Waals surface area contributed by atoms with Crippen molar-refractivity contribution < 1.29 is 75.9 Å². The van der Waals surface area contributed by atoms with Gasteiger partial charge in [-0.3, -0.25) is 9.18 Å². The van der Waals surface area contributed by atoms with Crippen LogP contribution in [0, 0.1) is 17.8 Å². The molecule has 76 heavy (non-hydrogen) atoms. The number of sulfone groups is 1. The number of hydrogen-bond acceptors (Lipinski definition) is 18. The highest BCUT2D eigenvalue weighted by molar-refractivity contribution is 7.91. The lowest BCUT2D eigenvalue weighted by Gasteiger charge is -2.49. The minimum atomic E-state index is -3.57. The molecule has 3 fully saturated rings. The first-order valence-electron chi connectivity index (χ1n) is 27.1. The maximum Gasteiger partial charge on any atom is 0.311 e. The van der Waals surface area contributed by atoms with Crippen molar-refractivity contribution in [2.75, 3.05) is 53.4 Å². The predicted octanol–water partition coefficient (Wildman–Crippen LogP) is 4.38. The molecule has 19 nitrogen and oxygen atoms in total. The fourth-order valence-electron chi connectivity index (χ4n) is 11.6. The molecule has 2 aromatic rings. The Morgan fingerprint density at radius 1 is 0.961 bits per heavy atom. The maximum atomic E-state index is 14.5. The van der Waals surface area contributed by atoms with E-state index in [2.05, 4.69) is 10.3 Å². The number of esters is 1. The van der Waals surface area contributed by atoms with Gasteiger partial charge in [-0.05, 0) is 125 Å². The van der Waals surface area contributed by atoms with Gasteiger partial charge in [0.2, 0.25) is 0 Å². The SMILES string of the molecule is CC[C@H]1OC(=O)[C@H](C)[C@@H](O[C@H]2C[C@@](C)(OC)[C@@H](O)[C@H](C)O2)[C@H](C)[C@@H](O[C@@H]2O[C@H](C)C[C@H](N(C)CCc3cn([C@H](CF)Cc4ccc(S(=O)(=O)CCCCF)cc4)nn3)[C@H]2O)[C@](C)(O)C[C@@H](C)CN(C)[C@H](C)[C@@H](O)[C@]1(C)O. The molecule has 3 aliphatic heterocycles. The van der Waals surface area contributed by atoms with E-state index in [1.165, 1.54) is 30.8 Å². The van der Waals surface area contributed by atoms with Crippen molar-refractivity contribution in [2.24, 2.45) is 17.8 Å². The van der Waals surface area contributed by atoms with Gasteiger partial charge in [0.25, 0.3) is 0 Å². The first-order chi connectivity index (χ1) is 35.5. The highest BCUT2D eigenvalue weighted by Crippen LogP contribution is 2.40. The number of hydrogen-bond donors (Lipinski definition) is 5. The molecule has 1 aromatic carbocycles. The number of aliphatic hydroxyl groups is 5. The Morgan fingerprint density at radius 2 is 1.63 bits per heavy atom. The number of unbranched alkanes of at least 4 members (excludes halogenated alkanes) is 1. The van der Waals surface area contributed by atoms with Crippen LogP contribution in [-0.2, 0) is 55.9 Å². The van der Waals surface area contributed by atoms with Crippen molar-refractivity contribution in [1.82, 2.24) is 24.8 Å². The van der Waals surface area contributed by atoms with Crippen LogP contribution in [0.3, 0.4) is 0 Å². The summed E-state index contributed by atoms with van der Waals surface area (Å²) in [6.07, 6.45) is -7.03. The summed E-state index contributed by atoms with van der Waals surface area (Å²) in [6.45, 7) is 16.7. The Bertz CT molecular complexity index is 2230. The molecule has 19 atom stereocenters. The van der Waals surface area contributed by atoms with Gasteiger partial charge < -0.3 is 63.8 Å². The number of ether oxygens (including phenoxy) is 6. The van der Waals surface area contributed by atoms with Gasteiger partial charge in [-0.25, -0.2) is 17.5 Å². The molecule has 22 heteroatoms. The van der Waals surface area contributed by atoms with Crippen LogP contribution in [0.1, 0.15) is 125 Å². The van der Waals surface area contributed by atoms with Crippen LogP contribution in [-0.4, -0.2) is 208 Å². The predicted molar refractivity (Wildman–Crippen MR) is 279 cm³/mol. The number of benzene rings is 1. The minimum absolute atomic E-state index is 0.0697. The first-order valence-corrected chi connectivity index (χ1v) is 28.8.